The summed E-state index contributed by atoms with van der Waals surface area (Å²) in [5.74, 6) is -0.760. The van der Waals surface area contributed by atoms with Crippen LogP contribution < -0.4 is 5.32 Å². The molecule has 0 bridgehead atoms. The number of hydrogen-bond donors (Lipinski definition) is 1. The number of aryl methyl sites for hydroxylation is 2. The maximum atomic E-state index is 12.5. The molecule has 2 amide bonds. The fourth-order valence-electron chi connectivity index (χ4n) is 2.36. The number of carbonyl (C=O) groups excluding carboxylic acids is 2. The first-order valence-electron chi connectivity index (χ1n) is 7.95. The van der Waals surface area contributed by atoms with Crippen molar-refractivity contribution in [2.24, 2.45) is 0 Å². The van der Waals surface area contributed by atoms with E-state index in [1.54, 1.807) is 21.0 Å². The van der Waals surface area contributed by atoms with Crippen molar-refractivity contribution in [3.63, 3.8) is 0 Å². The molecule has 2 aromatic heterocycles. The standard InChI is InChI=1S/C15H21N7O4/c1-6-20-13(15(24)19(4)5)11(7-16-20)17-14(23)10(3)21-8-12(22(25)26)9(2)18-21/h7-8,10H,6H2,1-5H3,(H,17,23). The van der Waals surface area contributed by atoms with Gasteiger partial charge >= 0.3 is 5.69 Å². The lowest BCUT2D eigenvalue weighted by Gasteiger charge is -2.15. The minimum absolute atomic E-state index is 0.160. The maximum absolute atomic E-state index is 12.5. The SMILES string of the molecule is CCn1ncc(NC(=O)C(C)n2cc([N+](=O)[O-])c(C)n2)c1C(=O)N(C)C. The highest BCUT2D eigenvalue weighted by molar-refractivity contribution is 6.03. The highest BCUT2D eigenvalue weighted by Crippen LogP contribution is 2.21. The molecule has 2 aromatic rings. The smallest absolute Gasteiger partial charge is 0.309 e. The van der Waals surface area contributed by atoms with Crippen molar-refractivity contribution in [3.8, 4) is 0 Å². The minimum Gasteiger partial charge on any atom is -0.343 e. The molecular weight excluding hydrogens is 342 g/mol. The molecule has 1 N–H and O–H groups in total. The van der Waals surface area contributed by atoms with Gasteiger partial charge < -0.3 is 10.2 Å². The number of aromatic nitrogens is 4. The second-order valence-corrected chi connectivity index (χ2v) is 5.92. The Morgan fingerprint density at radius 1 is 1.42 bits per heavy atom. The van der Waals surface area contributed by atoms with Gasteiger partial charge in [0.2, 0.25) is 5.91 Å². The van der Waals surface area contributed by atoms with Crippen LogP contribution in [0.1, 0.15) is 36.1 Å². The Balaban J connectivity index is 2.27. The maximum Gasteiger partial charge on any atom is 0.309 e. The molecule has 0 spiro atoms. The monoisotopic (exact) mass is 363 g/mol. The van der Waals surface area contributed by atoms with Crippen molar-refractivity contribution >= 4 is 23.2 Å². The van der Waals surface area contributed by atoms with E-state index in [0.29, 0.717) is 6.54 Å². The molecule has 26 heavy (non-hydrogen) atoms. The second-order valence-electron chi connectivity index (χ2n) is 5.92. The van der Waals surface area contributed by atoms with Crippen LogP contribution in [0, 0.1) is 17.0 Å². The molecule has 2 rings (SSSR count). The fourth-order valence-corrected chi connectivity index (χ4v) is 2.36. The minimum atomic E-state index is -0.810. The first-order chi connectivity index (χ1) is 12.2. The van der Waals surface area contributed by atoms with Crippen molar-refractivity contribution in [2.45, 2.75) is 33.4 Å². The first-order valence-corrected chi connectivity index (χ1v) is 7.95. The van der Waals surface area contributed by atoms with Crippen LogP contribution in [0.15, 0.2) is 12.4 Å². The molecule has 2 heterocycles. The Morgan fingerprint density at radius 2 is 2.08 bits per heavy atom. The topological polar surface area (TPSA) is 128 Å². The van der Waals surface area contributed by atoms with Gasteiger partial charge in [0, 0.05) is 20.6 Å². The van der Waals surface area contributed by atoms with Crippen molar-refractivity contribution in [1.29, 1.82) is 0 Å². The average Bonchev–Trinajstić information content (AvgIpc) is 3.16. The predicted octanol–water partition coefficient (Wildman–Crippen LogP) is 1.22. The molecule has 11 heteroatoms. The van der Waals surface area contributed by atoms with Crippen LogP contribution in [0.3, 0.4) is 0 Å². The summed E-state index contributed by atoms with van der Waals surface area (Å²) in [6.45, 7) is 5.35. The molecule has 0 radical (unpaired) electrons. The van der Waals surface area contributed by atoms with Crippen LogP contribution in [0.5, 0.6) is 0 Å². The van der Waals surface area contributed by atoms with Crippen LogP contribution in [0.2, 0.25) is 0 Å². The number of nitrogens with one attached hydrogen (secondary N) is 1. The normalized spacial score (nSPS) is 11.9. The van der Waals surface area contributed by atoms with Gasteiger partial charge in [-0.1, -0.05) is 0 Å². The van der Waals surface area contributed by atoms with Gasteiger partial charge in [-0.05, 0) is 20.8 Å². The van der Waals surface area contributed by atoms with Crippen LogP contribution in [0.4, 0.5) is 11.4 Å². The van der Waals surface area contributed by atoms with Gasteiger partial charge in [-0.2, -0.15) is 10.2 Å². The molecule has 0 saturated heterocycles. The molecule has 140 valence electrons. The molecule has 0 aliphatic rings. The number of nitrogens with zero attached hydrogens (tertiary/aromatic N) is 6. The Hall–Kier alpha value is -3.24. The number of rotatable bonds is 6. The van der Waals surface area contributed by atoms with Gasteiger partial charge in [0.25, 0.3) is 5.91 Å². The van der Waals surface area contributed by atoms with Gasteiger partial charge in [-0.15, -0.1) is 0 Å². The third-order valence-corrected chi connectivity index (χ3v) is 3.87. The van der Waals surface area contributed by atoms with E-state index in [4.69, 9.17) is 0 Å². The molecule has 0 saturated carbocycles. The summed E-state index contributed by atoms with van der Waals surface area (Å²) in [5.41, 5.74) is 0.602. The van der Waals surface area contributed by atoms with Crippen molar-refractivity contribution < 1.29 is 14.5 Å². The molecule has 11 nitrogen and oxygen atoms in total. The predicted molar refractivity (Wildman–Crippen MR) is 92.9 cm³/mol. The van der Waals surface area contributed by atoms with Crippen LogP contribution in [-0.4, -0.2) is 55.3 Å². The zero-order valence-electron chi connectivity index (χ0n) is 15.3. The van der Waals surface area contributed by atoms with E-state index >= 15 is 0 Å². The Bertz CT molecular complexity index is 852. The summed E-state index contributed by atoms with van der Waals surface area (Å²) in [5, 5.41) is 21.7. The van der Waals surface area contributed by atoms with E-state index < -0.39 is 16.9 Å². The van der Waals surface area contributed by atoms with Gasteiger partial charge in [-0.25, -0.2) is 0 Å². The summed E-state index contributed by atoms with van der Waals surface area (Å²) in [7, 11) is 3.21. The molecule has 0 aliphatic heterocycles. The zero-order valence-corrected chi connectivity index (χ0v) is 15.3. The van der Waals surface area contributed by atoms with Crippen LogP contribution in [-0.2, 0) is 11.3 Å². The number of amides is 2. The molecule has 0 aromatic carbocycles. The highest BCUT2D eigenvalue weighted by atomic mass is 16.6. The Labute approximate surface area is 149 Å². The molecular formula is C15H21N7O4. The lowest BCUT2D eigenvalue weighted by Crippen LogP contribution is -2.28. The molecule has 1 atom stereocenters. The fraction of sp³-hybridized carbons (Fsp3) is 0.467. The summed E-state index contributed by atoms with van der Waals surface area (Å²) in [4.78, 5) is 36.7. The Kier molecular flexibility index (Phi) is 5.38. The third kappa shape index (κ3) is 3.55. The number of hydrogen-bond acceptors (Lipinski definition) is 6. The average molecular weight is 363 g/mol. The highest BCUT2D eigenvalue weighted by Gasteiger charge is 2.25. The Morgan fingerprint density at radius 3 is 2.58 bits per heavy atom. The van der Waals surface area contributed by atoms with E-state index in [-0.39, 0.29) is 28.7 Å². The number of nitro groups is 1. The summed E-state index contributed by atoms with van der Waals surface area (Å²) < 4.78 is 2.71. The van der Waals surface area contributed by atoms with E-state index in [0.717, 1.165) is 0 Å². The van der Waals surface area contributed by atoms with Crippen LogP contribution >= 0.6 is 0 Å². The van der Waals surface area contributed by atoms with E-state index in [2.05, 4.69) is 15.5 Å². The van der Waals surface area contributed by atoms with E-state index in [1.165, 1.54) is 33.6 Å². The first kappa shape index (κ1) is 19.1. The van der Waals surface area contributed by atoms with E-state index in [1.807, 2.05) is 6.92 Å². The second kappa shape index (κ2) is 7.33. The lowest BCUT2D eigenvalue weighted by molar-refractivity contribution is -0.385. The van der Waals surface area contributed by atoms with Crippen LogP contribution in [0.25, 0.3) is 0 Å². The zero-order chi connectivity index (χ0) is 19.6. The van der Waals surface area contributed by atoms with Gasteiger partial charge in [0.1, 0.15) is 23.6 Å². The van der Waals surface area contributed by atoms with Gasteiger partial charge in [-0.3, -0.25) is 29.1 Å². The summed E-state index contributed by atoms with van der Waals surface area (Å²) in [6, 6.07) is -0.810. The lowest BCUT2D eigenvalue weighted by atomic mass is 10.2. The quantitative estimate of drug-likeness (QED) is 0.607. The summed E-state index contributed by atoms with van der Waals surface area (Å²) >= 11 is 0. The van der Waals surface area contributed by atoms with Crippen molar-refractivity contribution in [3.05, 3.63) is 33.9 Å². The number of anilines is 1. The van der Waals surface area contributed by atoms with Crippen molar-refractivity contribution in [2.75, 3.05) is 19.4 Å². The van der Waals surface area contributed by atoms with Gasteiger partial charge in [0.05, 0.1) is 16.8 Å². The molecule has 0 fully saturated rings. The van der Waals surface area contributed by atoms with E-state index in [9.17, 15) is 19.7 Å². The summed E-state index contributed by atoms with van der Waals surface area (Å²) in [6.07, 6.45) is 2.61. The number of carbonyl (C=O) groups is 2. The largest absolute Gasteiger partial charge is 0.343 e. The van der Waals surface area contributed by atoms with Gasteiger partial charge in [0.15, 0.2) is 0 Å². The molecule has 0 aliphatic carbocycles. The third-order valence-electron chi connectivity index (χ3n) is 3.87. The van der Waals surface area contributed by atoms with Crippen molar-refractivity contribution in [1.82, 2.24) is 24.5 Å². The molecule has 1 unspecified atom stereocenters.